The summed E-state index contributed by atoms with van der Waals surface area (Å²) in [6.45, 7) is 3.73. The summed E-state index contributed by atoms with van der Waals surface area (Å²) in [5, 5.41) is 0. The van der Waals surface area contributed by atoms with E-state index in [2.05, 4.69) is 24.6 Å². The van der Waals surface area contributed by atoms with Gasteiger partial charge in [0.1, 0.15) is 0 Å². The van der Waals surface area contributed by atoms with Crippen molar-refractivity contribution in [3.05, 3.63) is 48.0 Å². The van der Waals surface area contributed by atoms with Gasteiger partial charge in [0.25, 0.3) is 0 Å². The molecule has 0 unspecified atom stereocenters. The summed E-state index contributed by atoms with van der Waals surface area (Å²) in [7, 11) is 0. The third-order valence-electron chi connectivity index (χ3n) is 2.74. The van der Waals surface area contributed by atoms with E-state index in [1.165, 1.54) is 37.7 Å². The fourth-order valence-corrected chi connectivity index (χ4v) is 1.74. The Labute approximate surface area is 99.4 Å². The van der Waals surface area contributed by atoms with Gasteiger partial charge in [0.2, 0.25) is 0 Å². The highest BCUT2D eigenvalue weighted by Gasteiger charge is 1.94. The fourth-order valence-electron chi connectivity index (χ4n) is 1.74. The second-order valence-electron chi connectivity index (χ2n) is 4.08. The van der Waals surface area contributed by atoms with E-state index in [1.54, 1.807) is 0 Å². The summed E-state index contributed by atoms with van der Waals surface area (Å²) in [6, 6.07) is 8.32. The van der Waals surface area contributed by atoms with Gasteiger partial charge < -0.3 is 0 Å². The first-order valence-electron chi connectivity index (χ1n) is 6.03. The summed E-state index contributed by atoms with van der Waals surface area (Å²) in [5.41, 5.74) is 2.36. The van der Waals surface area contributed by atoms with Gasteiger partial charge in [0.15, 0.2) is 0 Å². The van der Waals surface area contributed by atoms with Gasteiger partial charge in [0.05, 0.1) is 0 Å². The molecule has 0 heteroatoms. The molecule has 0 aliphatic rings. The quantitative estimate of drug-likeness (QED) is 0.358. The summed E-state index contributed by atoms with van der Waals surface area (Å²) < 4.78 is 0. The molecule has 0 spiro atoms. The second-order valence-corrected chi connectivity index (χ2v) is 4.08. The molecule has 0 aromatic heterocycles. The van der Waals surface area contributed by atoms with Gasteiger partial charge in [-0.2, -0.15) is 0 Å². The third kappa shape index (κ3) is 4.84. The van der Waals surface area contributed by atoms with Crippen molar-refractivity contribution in [2.24, 2.45) is 0 Å². The molecule has 0 radical (unpaired) electrons. The van der Waals surface area contributed by atoms with E-state index < -0.39 is 0 Å². The molecule has 0 saturated carbocycles. The van der Waals surface area contributed by atoms with E-state index in [0.717, 1.165) is 12.0 Å². The molecule has 0 heterocycles. The predicted molar refractivity (Wildman–Crippen MR) is 71.4 cm³/mol. The van der Waals surface area contributed by atoms with E-state index in [9.17, 15) is 0 Å². The van der Waals surface area contributed by atoms with E-state index in [1.807, 2.05) is 18.2 Å². The Morgan fingerprint density at radius 2 is 1.75 bits per heavy atom. The lowest BCUT2D eigenvalue weighted by atomic mass is 10.0. The molecule has 1 rings (SSSR count). The lowest BCUT2D eigenvalue weighted by Gasteiger charge is -2.01. The Balaban J connectivity index is 2.17. The molecule has 0 N–H and O–H groups in total. The van der Waals surface area contributed by atoms with Crippen LogP contribution in [-0.2, 0) is 6.42 Å². The molecule has 1 aromatic carbocycles. The molecule has 0 fully saturated rings. The zero-order valence-corrected chi connectivity index (χ0v) is 9.91. The summed E-state index contributed by atoms with van der Waals surface area (Å²) in [6.07, 6.45) is 14.8. The number of hydrogen-bond donors (Lipinski definition) is 0. The Bertz CT molecular complexity index is 337. The molecule has 0 aliphatic heterocycles. The van der Waals surface area contributed by atoms with Gasteiger partial charge in [-0.05, 0) is 43.4 Å². The molecule has 0 amide bonds. The SMILES string of the molecule is C#Cc1ccc(CCCCCCC=C)cc1. The molecular formula is C16H20. The lowest BCUT2D eigenvalue weighted by molar-refractivity contribution is 0.646. The van der Waals surface area contributed by atoms with E-state index in [4.69, 9.17) is 6.42 Å². The largest absolute Gasteiger partial charge is 0.115 e. The van der Waals surface area contributed by atoms with Crippen LogP contribution in [0.5, 0.6) is 0 Å². The normalized spacial score (nSPS) is 9.69. The van der Waals surface area contributed by atoms with Gasteiger partial charge in [-0.25, -0.2) is 0 Å². The van der Waals surface area contributed by atoms with Gasteiger partial charge >= 0.3 is 0 Å². The number of terminal acetylenes is 1. The van der Waals surface area contributed by atoms with Crippen LogP contribution < -0.4 is 0 Å². The average molecular weight is 212 g/mol. The van der Waals surface area contributed by atoms with Gasteiger partial charge in [-0.15, -0.1) is 13.0 Å². The molecule has 0 aliphatic carbocycles. The van der Waals surface area contributed by atoms with E-state index in [-0.39, 0.29) is 0 Å². The van der Waals surface area contributed by atoms with Crippen molar-refractivity contribution in [2.75, 3.05) is 0 Å². The van der Waals surface area contributed by atoms with Crippen LogP contribution in [0.4, 0.5) is 0 Å². The van der Waals surface area contributed by atoms with Crippen molar-refractivity contribution >= 4 is 0 Å². The van der Waals surface area contributed by atoms with Crippen molar-refractivity contribution in [1.29, 1.82) is 0 Å². The summed E-state index contributed by atoms with van der Waals surface area (Å²) >= 11 is 0. The smallest absolute Gasteiger partial charge is 0.0242 e. The first-order valence-corrected chi connectivity index (χ1v) is 6.03. The highest BCUT2D eigenvalue weighted by atomic mass is 14.0. The van der Waals surface area contributed by atoms with Crippen LogP contribution in [0.25, 0.3) is 0 Å². The molecule has 0 atom stereocenters. The van der Waals surface area contributed by atoms with E-state index in [0.29, 0.717) is 0 Å². The predicted octanol–water partition coefficient (Wildman–Crippen LogP) is 4.35. The highest BCUT2D eigenvalue weighted by molar-refractivity contribution is 5.34. The van der Waals surface area contributed by atoms with Crippen molar-refractivity contribution in [3.63, 3.8) is 0 Å². The maximum absolute atomic E-state index is 5.31. The van der Waals surface area contributed by atoms with Crippen LogP contribution in [-0.4, -0.2) is 0 Å². The molecule has 0 saturated heterocycles. The van der Waals surface area contributed by atoms with Crippen LogP contribution in [0.2, 0.25) is 0 Å². The molecule has 0 bridgehead atoms. The molecule has 16 heavy (non-hydrogen) atoms. The first kappa shape index (κ1) is 12.6. The average Bonchev–Trinajstić information content (AvgIpc) is 2.34. The molecular weight excluding hydrogens is 192 g/mol. The number of rotatable bonds is 7. The summed E-state index contributed by atoms with van der Waals surface area (Å²) in [5.74, 6) is 2.64. The van der Waals surface area contributed by atoms with Crippen LogP contribution >= 0.6 is 0 Å². The zero-order valence-electron chi connectivity index (χ0n) is 9.91. The Kier molecular flexibility index (Phi) is 6.11. The van der Waals surface area contributed by atoms with Crippen LogP contribution in [0, 0.1) is 12.3 Å². The van der Waals surface area contributed by atoms with Crippen LogP contribution in [0.15, 0.2) is 36.9 Å². The topological polar surface area (TPSA) is 0 Å². The van der Waals surface area contributed by atoms with Crippen LogP contribution in [0.1, 0.15) is 43.2 Å². The summed E-state index contributed by atoms with van der Waals surface area (Å²) in [4.78, 5) is 0. The Morgan fingerprint density at radius 3 is 2.38 bits per heavy atom. The van der Waals surface area contributed by atoms with Crippen molar-refractivity contribution in [1.82, 2.24) is 0 Å². The minimum Gasteiger partial charge on any atom is -0.115 e. The Hall–Kier alpha value is -1.48. The Morgan fingerprint density at radius 1 is 1.06 bits per heavy atom. The number of allylic oxidation sites excluding steroid dienone is 1. The minimum absolute atomic E-state index is 0.967. The number of hydrogen-bond acceptors (Lipinski definition) is 0. The maximum Gasteiger partial charge on any atom is 0.0242 e. The van der Waals surface area contributed by atoms with Crippen molar-refractivity contribution in [3.8, 4) is 12.3 Å². The van der Waals surface area contributed by atoms with E-state index >= 15 is 0 Å². The number of unbranched alkanes of at least 4 members (excludes halogenated alkanes) is 4. The first-order chi connectivity index (χ1) is 7.86. The molecule has 1 aromatic rings. The van der Waals surface area contributed by atoms with Gasteiger partial charge in [0, 0.05) is 5.56 Å². The number of benzene rings is 1. The highest BCUT2D eigenvalue weighted by Crippen LogP contribution is 2.10. The minimum atomic E-state index is 0.967. The monoisotopic (exact) mass is 212 g/mol. The van der Waals surface area contributed by atoms with Gasteiger partial charge in [-0.1, -0.05) is 37.0 Å². The van der Waals surface area contributed by atoms with Crippen molar-refractivity contribution in [2.45, 2.75) is 38.5 Å². The van der Waals surface area contributed by atoms with Crippen molar-refractivity contribution < 1.29 is 0 Å². The third-order valence-corrected chi connectivity index (χ3v) is 2.74. The second kappa shape index (κ2) is 7.77. The lowest BCUT2D eigenvalue weighted by Crippen LogP contribution is -1.86. The molecule has 84 valence electrons. The molecule has 0 nitrogen and oxygen atoms in total. The van der Waals surface area contributed by atoms with Crippen LogP contribution in [0.3, 0.4) is 0 Å². The fraction of sp³-hybridized carbons (Fsp3) is 0.375. The standard InChI is InChI=1S/C16H20/c1-3-5-6-7-8-9-10-16-13-11-15(4-2)12-14-16/h2-3,11-14H,1,5-10H2. The maximum atomic E-state index is 5.31. The number of aryl methyl sites for hydroxylation is 1. The van der Waals surface area contributed by atoms with Gasteiger partial charge in [-0.3, -0.25) is 0 Å². The zero-order chi connectivity index (χ0) is 11.6.